The molecule has 0 aliphatic heterocycles. The van der Waals surface area contributed by atoms with Crippen molar-refractivity contribution in [3.05, 3.63) is 60.1 Å². The lowest BCUT2D eigenvalue weighted by molar-refractivity contribution is -0.141. The van der Waals surface area contributed by atoms with Crippen LogP contribution in [0.1, 0.15) is 63.2 Å². The van der Waals surface area contributed by atoms with Crippen LogP contribution in [-0.2, 0) is 22.6 Å². The van der Waals surface area contributed by atoms with Crippen LogP contribution in [0.2, 0.25) is 0 Å². The number of nitrogens with zero attached hydrogens (tertiary/aromatic N) is 2. The van der Waals surface area contributed by atoms with Gasteiger partial charge in [-0.2, -0.15) is 0 Å². The summed E-state index contributed by atoms with van der Waals surface area (Å²) < 4.78 is 5.49. The first-order chi connectivity index (χ1) is 15.2. The summed E-state index contributed by atoms with van der Waals surface area (Å²) in [5.74, 6) is 1.54. The lowest BCUT2D eigenvalue weighted by Gasteiger charge is -2.27. The number of carbonyl (C=O) groups is 2. The maximum absolute atomic E-state index is 13.2. The Bertz CT molecular complexity index is 782. The summed E-state index contributed by atoms with van der Waals surface area (Å²) in [5, 5.41) is 0. The van der Waals surface area contributed by atoms with Gasteiger partial charge in [-0.15, -0.1) is 0 Å². The predicted octanol–water partition coefficient (Wildman–Crippen LogP) is 5.06. The number of hydrogen-bond acceptors (Lipinski definition) is 3. The van der Waals surface area contributed by atoms with E-state index in [1.54, 1.807) is 11.2 Å². The number of hydrogen-bond donors (Lipinski definition) is 0. The number of rotatable bonds is 12. The van der Waals surface area contributed by atoms with Gasteiger partial charge < -0.3 is 14.2 Å². The molecular formula is C26H36N2O3. The third-order valence-electron chi connectivity index (χ3n) is 6.21. The van der Waals surface area contributed by atoms with Crippen LogP contribution < -0.4 is 0 Å². The summed E-state index contributed by atoms with van der Waals surface area (Å²) in [6.45, 7) is 3.85. The Morgan fingerprint density at radius 1 is 0.968 bits per heavy atom. The topological polar surface area (TPSA) is 53.8 Å². The van der Waals surface area contributed by atoms with E-state index >= 15 is 0 Å². The van der Waals surface area contributed by atoms with Crippen molar-refractivity contribution in [2.24, 2.45) is 5.92 Å². The molecule has 2 amide bonds. The van der Waals surface area contributed by atoms with Gasteiger partial charge in [0.1, 0.15) is 5.76 Å². The van der Waals surface area contributed by atoms with Crippen molar-refractivity contribution in [2.45, 2.75) is 64.8 Å². The van der Waals surface area contributed by atoms with Crippen molar-refractivity contribution in [3.63, 3.8) is 0 Å². The molecule has 0 atom stereocenters. The zero-order valence-electron chi connectivity index (χ0n) is 18.8. The molecule has 1 aliphatic carbocycles. The Morgan fingerprint density at radius 2 is 1.74 bits per heavy atom. The third kappa shape index (κ3) is 7.57. The van der Waals surface area contributed by atoms with Crippen molar-refractivity contribution < 1.29 is 14.0 Å². The molecule has 0 bridgehead atoms. The number of carbonyl (C=O) groups excluding carboxylic acids is 2. The summed E-state index contributed by atoms with van der Waals surface area (Å²) in [5.41, 5.74) is 1.19. The lowest BCUT2D eigenvalue weighted by atomic mass is 10.0. The minimum Gasteiger partial charge on any atom is -0.467 e. The van der Waals surface area contributed by atoms with Gasteiger partial charge in [0.05, 0.1) is 19.4 Å². The maximum Gasteiger partial charge on any atom is 0.242 e. The van der Waals surface area contributed by atoms with Gasteiger partial charge in [0.15, 0.2) is 0 Å². The monoisotopic (exact) mass is 424 g/mol. The molecular weight excluding hydrogens is 388 g/mol. The highest BCUT2D eigenvalue weighted by Gasteiger charge is 2.23. The molecule has 1 saturated carbocycles. The van der Waals surface area contributed by atoms with Gasteiger partial charge in [-0.05, 0) is 42.9 Å². The number of benzene rings is 1. The van der Waals surface area contributed by atoms with E-state index in [0.29, 0.717) is 32.0 Å². The first-order valence-corrected chi connectivity index (χ1v) is 11.8. The highest BCUT2D eigenvalue weighted by atomic mass is 16.3. The van der Waals surface area contributed by atoms with Crippen molar-refractivity contribution in [2.75, 3.05) is 19.6 Å². The van der Waals surface area contributed by atoms with E-state index in [1.165, 1.54) is 31.2 Å². The van der Waals surface area contributed by atoms with Gasteiger partial charge in [-0.3, -0.25) is 9.59 Å². The zero-order chi connectivity index (χ0) is 21.9. The molecule has 1 fully saturated rings. The molecule has 1 aliphatic rings. The molecule has 0 saturated heterocycles. The zero-order valence-corrected chi connectivity index (χ0v) is 18.8. The lowest BCUT2D eigenvalue weighted by Crippen LogP contribution is -2.43. The first kappa shape index (κ1) is 23.1. The predicted molar refractivity (Wildman–Crippen MR) is 122 cm³/mol. The highest BCUT2D eigenvalue weighted by molar-refractivity contribution is 5.84. The van der Waals surface area contributed by atoms with E-state index in [9.17, 15) is 9.59 Å². The van der Waals surface area contributed by atoms with Gasteiger partial charge in [0, 0.05) is 19.5 Å². The molecule has 5 nitrogen and oxygen atoms in total. The van der Waals surface area contributed by atoms with Crippen LogP contribution in [0.3, 0.4) is 0 Å². The second-order valence-corrected chi connectivity index (χ2v) is 8.63. The second-order valence-electron chi connectivity index (χ2n) is 8.63. The number of furan rings is 1. The largest absolute Gasteiger partial charge is 0.467 e. The van der Waals surface area contributed by atoms with E-state index in [-0.39, 0.29) is 18.4 Å². The smallest absolute Gasteiger partial charge is 0.242 e. The van der Waals surface area contributed by atoms with Gasteiger partial charge in [-0.1, -0.05) is 62.9 Å². The molecule has 3 rings (SSSR count). The minimum absolute atomic E-state index is 0.0185. The second kappa shape index (κ2) is 12.3. The Balaban J connectivity index is 1.60. The van der Waals surface area contributed by atoms with Crippen LogP contribution in [0.25, 0.3) is 0 Å². The van der Waals surface area contributed by atoms with E-state index in [4.69, 9.17) is 4.42 Å². The molecule has 1 heterocycles. The SMILES string of the molecule is CCCN(CC(=O)N(CCc1ccccc1)Cc1ccco1)C(=O)CCC1CCCC1. The molecule has 0 radical (unpaired) electrons. The van der Waals surface area contributed by atoms with Gasteiger partial charge >= 0.3 is 0 Å². The fraction of sp³-hybridized carbons (Fsp3) is 0.538. The molecule has 0 N–H and O–H groups in total. The van der Waals surface area contributed by atoms with Crippen LogP contribution in [0, 0.1) is 5.92 Å². The van der Waals surface area contributed by atoms with Crippen molar-refractivity contribution in [1.82, 2.24) is 9.80 Å². The molecule has 0 unspecified atom stereocenters. The van der Waals surface area contributed by atoms with Crippen LogP contribution in [0.5, 0.6) is 0 Å². The third-order valence-corrected chi connectivity index (χ3v) is 6.21. The Morgan fingerprint density at radius 3 is 2.42 bits per heavy atom. The van der Waals surface area contributed by atoms with Crippen LogP contribution in [-0.4, -0.2) is 41.2 Å². The minimum atomic E-state index is -0.0185. The summed E-state index contributed by atoms with van der Waals surface area (Å²) in [7, 11) is 0. The summed E-state index contributed by atoms with van der Waals surface area (Å²) >= 11 is 0. The molecule has 0 spiro atoms. The van der Waals surface area contributed by atoms with Gasteiger partial charge in [0.25, 0.3) is 0 Å². The Kier molecular flexibility index (Phi) is 9.19. The van der Waals surface area contributed by atoms with Crippen molar-refractivity contribution >= 4 is 11.8 Å². The summed E-state index contributed by atoms with van der Waals surface area (Å²) in [6, 6.07) is 13.9. The molecule has 5 heteroatoms. The Labute approximate surface area is 186 Å². The molecule has 168 valence electrons. The maximum atomic E-state index is 13.2. The van der Waals surface area contributed by atoms with Gasteiger partial charge in [-0.25, -0.2) is 0 Å². The summed E-state index contributed by atoms with van der Waals surface area (Å²) in [4.78, 5) is 29.7. The van der Waals surface area contributed by atoms with Crippen LogP contribution in [0.15, 0.2) is 53.1 Å². The van der Waals surface area contributed by atoms with E-state index in [1.807, 2.05) is 35.2 Å². The van der Waals surface area contributed by atoms with E-state index in [2.05, 4.69) is 19.1 Å². The molecule has 1 aromatic heterocycles. The number of amides is 2. The van der Waals surface area contributed by atoms with E-state index < -0.39 is 0 Å². The van der Waals surface area contributed by atoms with Crippen molar-refractivity contribution in [1.29, 1.82) is 0 Å². The average Bonchev–Trinajstić information content (AvgIpc) is 3.49. The Hall–Kier alpha value is -2.56. The molecule has 2 aromatic rings. The van der Waals surface area contributed by atoms with E-state index in [0.717, 1.165) is 25.0 Å². The fourth-order valence-electron chi connectivity index (χ4n) is 4.40. The van der Waals surface area contributed by atoms with Crippen molar-refractivity contribution in [3.8, 4) is 0 Å². The van der Waals surface area contributed by atoms with Crippen LogP contribution >= 0.6 is 0 Å². The normalized spacial score (nSPS) is 14.0. The molecule has 31 heavy (non-hydrogen) atoms. The first-order valence-electron chi connectivity index (χ1n) is 11.8. The average molecular weight is 425 g/mol. The standard InChI is InChI=1S/C26H36N2O3/c1-2-17-27(25(29)15-14-22-11-6-7-12-22)21-26(30)28(20-24-13-8-19-31-24)18-16-23-9-4-3-5-10-23/h3-5,8-10,13,19,22H,2,6-7,11-12,14-18,20-21H2,1H3. The quantitative estimate of drug-likeness (QED) is 0.478. The highest BCUT2D eigenvalue weighted by Crippen LogP contribution is 2.28. The van der Waals surface area contributed by atoms with Crippen LogP contribution in [0.4, 0.5) is 0 Å². The summed E-state index contributed by atoms with van der Waals surface area (Å²) in [6.07, 6.45) is 9.84. The fourth-order valence-corrected chi connectivity index (χ4v) is 4.40. The van der Waals surface area contributed by atoms with Gasteiger partial charge in [0.2, 0.25) is 11.8 Å². The molecule has 1 aromatic carbocycles.